The van der Waals surface area contributed by atoms with E-state index in [1.165, 1.54) is 12.1 Å². The summed E-state index contributed by atoms with van der Waals surface area (Å²) in [7, 11) is 1.67. The Labute approximate surface area is 466 Å². The van der Waals surface area contributed by atoms with E-state index in [1.807, 2.05) is 91.9 Å². The van der Waals surface area contributed by atoms with Crippen molar-refractivity contribution in [3.63, 3.8) is 0 Å². The Morgan fingerprint density at radius 3 is 1.97 bits per heavy atom. The SMILES string of the molecule is COc1ccc(C(OCCN(CCOP(OCCC#N)N(C(C)C)C(C)C)C(=O)OCCN2c3cc4oc5cc(=O)c(F)cc-5c(-c5cc(C)c(C)cc5C)c4cc3C(C)(C)C2C)(c2ccccc2)c2ccc(OC)cc2)cc1. The molecule has 0 radical (unpaired) electrons. The molecule has 416 valence electrons. The monoisotopic (exact) mass is 1090 g/mol. The van der Waals surface area contributed by atoms with Crippen LogP contribution in [0.5, 0.6) is 11.5 Å². The fourth-order valence-corrected chi connectivity index (χ4v) is 12.5. The molecule has 2 unspecified atom stereocenters. The van der Waals surface area contributed by atoms with Crippen LogP contribution in [0.15, 0.2) is 124 Å². The first-order chi connectivity index (χ1) is 37.8. The molecule has 79 heavy (non-hydrogen) atoms. The highest BCUT2D eigenvalue weighted by Gasteiger charge is 2.43. The Kier molecular flexibility index (Phi) is 18.5. The van der Waals surface area contributed by atoms with E-state index in [1.54, 1.807) is 19.1 Å². The fourth-order valence-electron chi connectivity index (χ4n) is 10.9. The Bertz CT molecular complexity index is 3250. The topological polar surface area (TPSA) is 136 Å². The van der Waals surface area contributed by atoms with Gasteiger partial charge < -0.3 is 42.2 Å². The molecule has 0 fully saturated rings. The molecule has 2 aliphatic heterocycles. The van der Waals surface area contributed by atoms with Gasteiger partial charge in [-0.3, -0.25) is 4.79 Å². The minimum atomic E-state index is -1.59. The van der Waals surface area contributed by atoms with Gasteiger partial charge in [-0.05, 0) is 136 Å². The number of carbonyl (C=O) groups is 1. The van der Waals surface area contributed by atoms with Crippen LogP contribution in [0.2, 0.25) is 0 Å². The molecule has 2 atom stereocenters. The molecule has 5 aromatic rings. The number of anilines is 1. The summed E-state index contributed by atoms with van der Waals surface area (Å²) in [6.07, 6.45) is -0.337. The van der Waals surface area contributed by atoms with Gasteiger partial charge >= 0.3 is 6.09 Å². The van der Waals surface area contributed by atoms with E-state index >= 15 is 4.39 Å². The highest BCUT2D eigenvalue weighted by Crippen LogP contribution is 2.51. The third kappa shape index (κ3) is 12.2. The molecule has 15 heteroatoms. The van der Waals surface area contributed by atoms with Crippen LogP contribution in [0.3, 0.4) is 0 Å². The second-order valence-corrected chi connectivity index (χ2v) is 22.8. The molecule has 13 nitrogen and oxygen atoms in total. The van der Waals surface area contributed by atoms with Crippen molar-refractivity contribution < 1.29 is 41.6 Å². The number of amides is 1. The van der Waals surface area contributed by atoms with Gasteiger partial charge in [-0.1, -0.05) is 80.6 Å². The largest absolute Gasteiger partial charge is 0.497 e. The number of methoxy groups -OCH3 is 2. The van der Waals surface area contributed by atoms with Crippen molar-refractivity contribution in [3.8, 4) is 40.0 Å². The van der Waals surface area contributed by atoms with Crippen LogP contribution in [0.1, 0.15) is 93.8 Å². The number of rotatable bonds is 23. The first kappa shape index (κ1) is 58.3. The van der Waals surface area contributed by atoms with Crippen LogP contribution in [-0.4, -0.2) is 94.1 Å². The highest BCUT2D eigenvalue weighted by molar-refractivity contribution is 7.44. The number of benzene rings is 6. The molecule has 8 rings (SSSR count). The Morgan fingerprint density at radius 1 is 0.772 bits per heavy atom. The van der Waals surface area contributed by atoms with Gasteiger partial charge in [0.1, 0.15) is 35.1 Å². The lowest BCUT2D eigenvalue weighted by Gasteiger charge is -2.37. The molecule has 0 aromatic heterocycles. The van der Waals surface area contributed by atoms with Crippen molar-refractivity contribution in [2.45, 2.75) is 105 Å². The molecule has 0 spiro atoms. The maximum Gasteiger partial charge on any atom is 0.409 e. The van der Waals surface area contributed by atoms with Crippen LogP contribution >= 0.6 is 8.53 Å². The van der Waals surface area contributed by atoms with Crippen LogP contribution in [0.25, 0.3) is 33.4 Å². The molecule has 2 heterocycles. The lowest BCUT2D eigenvalue weighted by molar-refractivity contribution is -0.00131. The highest BCUT2D eigenvalue weighted by atomic mass is 31.2. The standard InChI is InChI=1S/C64H74FN4O9P/c1-41(2)69(42(3)4)79(76-31-16-27-66)77-34-29-67(28-33-75-64(47-17-14-13-15-18-47,48-19-23-50(72-11)24-20-48)49-21-25-51(73-12)26-22-49)62(71)74-32-30-68-46(8)63(9,10)55-37-53-59(39-57(55)68)78-60-40-58(70)56(65)38-54(60)61(53)52-36-44(6)43(5)35-45(52)7/h13-15,17-26,35-42,46H,16,28-34H2,1-12H3. The minimum Gasteiger partial charge on any atom is -0.497 e. The number of fused-ring (bicyclic) bond motifs is 3. The van der Waals surface area contributed by atoms with E-state index in [0.717, 1.165) is 61.1 Å². The van der Waals surface area contributed by atoms with Gasteiger partial charge in [-0.25, -0.2) is 13.9 Å². The van der Waals surface area contributed by atoms with Crippen molar-refractivity contribution in [2.75, 3.05) is 65.2 Å². The minimum absolute atomic E-state index is 0.0415. The summed E-state index contributed by atoms with van der Waals surface area (Å²) in [5, 5.41) is 10.2. The van der Waals surface area contributed by atoms with Gasteiger partial charge in [-0.15, -0.1) is 0 Å². The zero-order chi connectivity index (χ0) is 56.8. The fraction of sp³-hybridized carbons (Fsp3) is 0.391. The predicted octanol–water partition coefficient (Wildman–Crippen LogP) is 13.9. The maximum atomic E-state index is 15.2. The zero-order valence-electron chi connectivity index (χ0n) is 47.6. The number of nitrogens with zero attached hydrogens (tertiary/aromatic N) is 4. The Hall–Kier alpha value is -6.85. The van der Waals surface area contributed by atoms with Gasteiger partial charge in [0.15, 0.2) is 5.82 Å². The van der Waals surface area contributed by atoms with Crippen molar-refractivity contribution in [2.24, 2.45) is 0 Å². The Balaban J connectivity index is 1.11. The lowest BCUT2D eigenvalue weighted by Crippen LogP contribution is -2.43. The molecule has 0 saturated carbocycles. The molecule has 1 amide bonds. The normalized spacial score (nSPS) is 14.5. The summed E-state index contributed by atoms with van der Waals surface area (Å²) in [6.45, 7) is 22.1. The van der Waals surface area contributed by atoms with E-state index in [0.29, 0.717) is 35.0 Å². The molecule has 1 aliphatic carbocycles. The summed E-state index contributed by atoms with van der Waals surface area (Å²) >= 11 is 0. The quantitative estimate of drug-likeness (QED) is 0.0261. The van der Waals surface area contributed by atoms with E-state index in [2.05, 4.69) is 96.2 Å². The average molecular weight is 1090 g/mol. The second-order valence-electron chi connectivity index (χ2n) is 21.3. The zero-order valence-corrected chi connectivity index (χ0v) is 48.5. The predicted molar refractivity (Wildman–Crippen MR) is 311 cm³/mol. The third-order valence-electron chi connectivity index (χ3n) is 15.4. The molecule has 0 bridgehead atoms. The first-order valence-corrected chi connectivity index (χ1v) is 28.2. The van der Waals surface area contributed by atoms with Gasteiger partial charge in [0.05, 0.1) is 53.1 Å². The number of nitriles is 1. The third-order valence-corrected chi connectivity index (χ3v) is 17.5. The molecular formula is C64H74FN4O9P. The average Bonchev–Trinajstić information content (AvgIpc) is 3.95. The number of halogens is 1. The van der Waals surface area contributed by atoms with Gasteiger partial charge in [0.25, 0.3) is 8.53 Å². The van der Waals surface area contributed by atoms with Crippen LogP contribution in [-0.2, 0) is 29.5 Å². The van der Waals surface area contributed by atoms with Gasteiger partial charge in [-0.2, -0.15) is 5.26 Å². The summed E-state index contributed by atoms with van der Waals surface area (Å²) in [5.74, 6) is 0.847. The summed E-state index contributed by atoms with van der Waals surface area (Å²) in [5.41, 5.74) is 8.37. The van der Waals surface area contributed by atoms with E-state index in [4.69, 9.17) is 32.4 Å². The maximum absolute atomic E-state index is 15.2. The van der Waals surface area contributed by atoms with E-state index in [9.17, 15) is 14.9 Å². The van der Waals surface area contributed by atoms with Crippen molar-refractivity contribution in [1.29, 1.82) is 5.26 Å². The van der Waals surface area contributed by atoms with Gasteiger partial charge in [0, 0.05) is 71.0 Å². The second kappa shape index (κ2) is 25.1. The van der Waals surface area contributed by atoms with Crippen molar-refractivity contribution in [3.05, 3.63) is 170 Å². The van der Waals surface area contributed by atoms with E-state index in [-0.39, 0.29) is 69.5 Å². The van der Waals surface area contributed by atoms with Crippen molar-refractivity contribution >= 4 is 31.3 Å². The number of aryl methyl sites for hydroxylation is 3. The van der Waals surface area contributed by atoms with Crippen LogP contribution < -0.4 is 19.8 Å². The number of carbonyl (C=O) groups excluding carboxylic acids is 1. The number of hydrogen-bond acceptors (Lipinski definition) is 12. The molecule has 0 N–H and O–H groups in total. The molecule has 0 saturated heterocycles. The number of hydrogen-bond donors (Lipinski definition) is 0. The number of ether oxygens (including phenoxy) is 4. The Morgan fingerprint density at radius 2 is 1.37 bits per heavy atom. The molecule has 3 aliphatic rings. The summed E-state index contributed by atoms with van der Waals surface area (Å²) in [4.78, 5) is 31.3. The van der Waals surface area contributed by atoms with E-state index < -0.39 is 31.5 Å². The summed E-state index contributed by atoms with van der Waals surface area (Å²) < 4.78 is 61.3. The smallest absolute Gasteiger partial charge is 0.409 e. The van der Waals surface area contributed by atoms with Crippen LogP contribution in [0, 0.1) is 37.9 Å². The van der Waals surface area contributed by atoms with Gasteiger partial charge in [0.2, 0.25) is 5.43 Å². The summed E-state index contributed by atoms with van der Waals surface area (Å²) in [6, 6.07) is 38.8. The first-order valence-electron chi connectivity index (χ1n) is 27.0. The molecule has 5 aromatic carbocycles. The lowest BCUT2D eigenvalue weighted by atomic mass is 9.80. The van der Waals surface area contributed by atoms with Crippen LogP contribution in [0.4, 0.5) is 14.9 Å². The molecular weight excluding hydrogens is 1020 g/mol. The van der Waals surface area contributed by atoms with Crippen molar-refractivity contribution in [1.82, 2.24) is 9.57 Å².